The van der Waals surface area contributed by atoms with Crippen LogP contribution in [0.1, 0.15) is 52.3 Å². The third-order valence-corrected chi connectivity index (χ3v) is 3.24. The molecule has 0 atom stereocenters. The van der Waals surface area contributed by atoms with E-state index in [9.17, 15) is 4.79 Å². The zero-order valence-corrected chi connectivity index (χ0v) is 10.8. The van der Waals surface area contributed by atoms with E-state index in [-0.39, 0.29) is 11.6 Å². The fourth-order valence-electron chi connectivity index (χ4n) is 2.34. The van der Waals surface area contributed by atoms with Crippen LogP contribution < -0.4 is 11.3 Å². The average Bonchev–Trinajstić information content (AvgIpc) is 2.54. The van der Waals surface area contributed by atoms with E-state index in [1.165, 1.54) is 0 Å². The van der Waals surface area contributed by atoms with Crippen LogP contribution in [0.25, 0.3) is 0 Å². The first-order valence-electron chi connectivity index (χ1n) is 6.21. The van der Waals surface area contributed by atoms with Gasteiger partial charge in [0.2, 0.25) is 0 Å². The van der Waals surface area contributed by atoms with Crippen molar-refractivity contribution in [3.63, 3.8) is 0 Å². The summed E-state index contributed by atoms with van der Waals surface area (Å²) in [5.41, 5.74) is 7.26. The predicted octanol–water partition coefficient (Wildman–Crippen LogP) is 2.18. The van der Waals surface area contributed by atoms with E-state index < -0.39 is 0 Å². The number of hydrogen-bond donors (Lipinski definition) is 1. The second kappa shape index (κ2) is 5.23. The van der Waals surface area contributed by atoms with Gasteiger partial charge in [0.15, 0.2) is 0 Å². The molecule has 0 aliphatic carbocycles. The van der Waals surface area contributed by atoms with Gasteiger partial charge in [0.05, 0.1) is 11.7 Å². The first kappa shape index (κ1) is 12.9. The molecule has 1 aromatic rings. The molecule has 16 heavy (non-hydrogen) atoms. The minimum Gasteiger partial charge on any atom is -0.393 e. The average molecular weight is 225 g/mol. The lowest BCUT2D eigenvalue weighted by Crippen LogP contribution is -2.28. The van der Waals surface area contributed by atoms with Gasteiger partial charge < -0.3 is 5.73 Å². The normalized spacial score (nSPS) is 11.3. The largest absolute Gasteiger partial charge is 0.393 e. The summed E-state index contributed by atoms with van der Waals surface area (Å²) in [6.07, 6.45) is 2.73. The molecule has 92 valence electrons. The van der Waals surface area contributed by atoms with E-state index in [2.05, 4.69) is 20.8 Å². The molecule has 0 saturated carbocycles. The summed E-state index contributed by atoms with van der Waals surface area (Å²) in [4.78, 5) is 12.1. The predicted molar refractivity (Wildman–Crippen MR) is 67.8 cm³/mol. The Morgan fingerprint density at radius 2 is 1.75 bits per heavy atom. The Morgan fingerprint density at radius 1 is 1.19 bits per heavy atom. The van der Waals surface area contributed by atoms with E-state index in [0.717, 1.165) is 31.5 Å². The van der Waals surface area contributed by atoms with E-state index >= 15 is 0 Å². The highest BCUT2D eigenvalue weighted by Gasteiger charge is 2.19. The lowest BCUT2D eigenvalue weighted by molar-refractivity contribution is 0.343. The minimum absolute atomic E-state index is 0.0209. The van der Waals surface area contributed by atoms with Crippen LogP contribution >= 0.6 is 0 Å². The first-order chi connectivity index (χ1) is 7.62. The van der Waals surface area contributed by atoms with Gasteiger partial charge in [-0.2, -0.15) is 0 Å². The van der Waals surface area contributed by atoms with E-state index in [4.69, 9.17) is 5.73 Å². The molecule has 1 heterocycles. The lowest BCUT2D eigenvalue weighted by Gasteiger charge is -2.19. The minimum atomic E-state index is -0.0209. The van der Waals surface area contributed by atoms with Gasteiger partial charge in [-0.3, -0.25) is 9.48 Å². The van der Waals surface area contributed by atoms with Crippen LogP contribution in [0.2, 0.25) is 0 Å². The van der Waals surface area contributed by atoms with Gasteiger partial charge in [0.25, 0.3) is 5.56 Å². The molecule has 0 radical (unpaired) electrons. The summed E-state index contributed by atoms with van der Waals surface area (Å²) in [6.45, 7) is 9.10. The highest BCUT2D eigenvalue weighted by Crippen LogP contribution is 2.18. The maximum atomic E-state index is 12.1. The first-order valence-corrected chi connectivity index (χ1v) is 6.21. The molecular weight excluding hydrogens is 202 g/mol. The van der Waals surface area contributed by atoms with Crippen molar-refractivity contribution in [3.8, 4) is 0 Å². The van der Waals surface area contributed by atoms with Crippen LogP contribution in [0.3, 0.4) is 0 Å². The highest BCUT2D eigenvalue weighted by atomic mass is 16.1. The Hall–Kier alpha value is -1.19. The topological polar surface area (TPSA) is 53.0 Å². The molecule has 0 aromatic carbocycles. The Morgan fingerprint density at radius 3 is 2.12 bits per heavy atom. The molecule has 0 aliphatic heterocycles. The number of rotatable bonds is 5. The number of aromatic nitrogens is 2. The molecule has 0 saturated heterocycles. The molecule has 4 nitrogen and oxygen atoms in total. The van der Waals surface area contributed by atoms with Crippen LogP contribution in [0.5, 0.6) is 0 Å². The van der Waals surface area contributed by atoms with Gasteiger partial charge in [0, 0.05) is 6.54 Å². The van der Waals surface area contributed by atoms with Crippen LogP contribution in [-0.2, 0) is 13.0 Å². The number of nitrogen functional groups attached to an aromatic ring is 1. The Labute approximate surface area is 97.0 Å². The maximum absolute atomic E-state index is 12.1. The fourth-order valence-corrected chi connectivity index (χ4v) is 2.34. The summed E-state index contributed by atoms with van der Waals surface area (Å²) in [5.74, 6) is 0. The third-order valence-electron chi connectivity index (χ3n) is 3.24. The van der Waals surface area contributed by atoms with Gasteiger partial charge in [-0.25, -0.2) is 4.68 Å². The Balaban J connectivity index is 3.42. The molecule has 1 aromatic heterocycles. The zero-order valence-electron chi connectivity index (χ0n) is 10.8. The summed E-state index contributed by atoms with van der Waals surface area (Å²) in [6, 6.07) is 0.259. The maximum Gasteiger partial charge on any atom is 0.290 e. The molecule has 0 aliphatic rings. The molecular formula is C12H23N3O. The Bertz CT molecular complexity index is 399. The SMILES string of the molecule is CCc1c(N)c(=O)n(C(CC)CC)n1CC. The smallest absolute Gasteiger partial charge is 0.290 e. The van der Waals surface area contributed by atoms with Crippen molar-refractivity contribution in [2.24, 2.45) is 0 Å². The number of anilines is 1. The van der Waals surface area contributed by atoms with Gasteiger partial charge in [0.1, 0.15) is 5.69 Å². The van der Waals surface area contributed by atoms with Gasteiger partial charge in [-0.05, 0) is 26.2 Å². The molecule has 1 rings (SSSR count). The van der Waals surface area contributed by atoms with Gasteiger partial charge in [-0.15, -0.1) is 0 Å². The number of nitrogens with zero attached hydrogens (tertiary/aromatic N) is 2. The highest BCUT2D eigenvalue weighted by molar-refractivity contribution is 5.41. The van der Waals surface area contributed by atoms with Crippen molar-refractivity contribution in [2.45, 2.75) is 59.5 Å². The van der Waals surface area contributed by atoms with Crippen LogP contribution in [0.15, 0.2) is 4.79 Å². The molecule has 4 heteroatoms. The molecule has 0 unspecified atom stereocenters. The second-order valence-corrected chi connectivity index (χ2v) is 4.05. The molecule has 0 fully saturated rings. The van der Waals surface area contributed by atoms with Crippen molar-refractivity contribution < 1.29 is 0 Å². The van der Waals surface area contributed by atoms with Crippen molar-refractivity contribution in [1.82, 2.24) is 9.36 Å². The van der Waals surface area contributed by atoms with Crippen molar-refractivity contribution in [3.05, 3.63) is 16.0 Å². The third kappa shape index (κ3) is 1.88. The second-order valence-electron chi connectivity index (χ2n) is 4.05. The monoisotopic (exact) mass is 225 g/mol. The number of hydrogen-bond acceptors (Lipinski definition) is 2. The molecule has 0 bridgehead atoms. The van der Waals surface area contributed by atoms with Crippen molar-refractivity contribution >= 4 is 5.69 Å². The van der Waals surface area contributed by atoms with Gasteiger partial charge >= 0.3 is 0 Å². The van der Waals surface area contributed by atoms with Crippen LogP contribution in [0.4, 0.5) is 5.69 Å². The summed E-state index contributed by atoms with van der Waals surface area (Å²) >= 11 is 0. The summed E-state index contributed by atoms with van der Waals surface area (Å²) in [7, 11) is 0. The number of nitrogens with two attached hydrogens (primary N) is 1. The lowest BCUT2D eigenvalue weighted by atomic mass is 10.2. The van der Waals surface area contributed by atoms with Crippen molar-refractivity contribution in [1.29, 1.82) is 0 Å². The standard InChI is InChI=1S/C12H23N3O/c1-5-9(6-2)15-12(16)11(13)10(7-3)14(15)8-4/h9H,5-8,13H2,1-4H3. The van der Waals surface area contributed by atoms with E-state index in [1.54, 1.807) is 0 Å². The molecule has 0 amide bonds. The molecule has 0 spiro atoms. The Kier molecular flexibility index (Phi) is 4.21. The van der Waals surface area contributed by atoms with Crippen LogP contribution in [-0.4, -0.2) is 9.36 Å². The zero-order chi connectivity index (χ0) is 12.3. The van der Waals surface area contributed by atoms with E-state index in [1.807, 2.05) is 16.3 Å². The van der Waals surface area contributed by atoms with Crippen molar-refractivity contribution in [2.75, 3.05) is 5.73 Å². The summed E-state index contributed by atoms with van der Waals surface area (Å²) in [5, 5.41) is 0. The van der Waals surface area contributed by atoms with Gasteiger partial charge in [-0.1, -0.05) is 20.8 Å². The van der Waals surface area contributed by atoms with Crippen LogP contribution in [0, 0.1) is 0 Å². The molecule has 2 N–H and O–H groups in total. The summed E-state index contributed by atoms with van der Waals surface area (Å²) < 4.78 is 3.88. The fraction of sp³-hybridized carbons (Fsp3) is 0.750. The van der Waals surface area contributed by atoms with E-state index in [0.29, 0.717) is 5.69 Å². The quantitative estimate of drug-likeness (QED) is 0.835.